The van der Waals surface area contributed by atoms with E-state index in [9.17, 15) is 0 Å². The molecule has 0 aliphatic carbocycles. The van der Waals surface area contributed by atoms with Crippen molar-refractivity contribution >= 4 is 11.5 Å². The summed E-state index contributed by atoms with van der Waals surface area (Å²) in [5, 5.41) is 7.29. The van der Waals surface area contributed by atoms with Crippen molar-refractivity contribution in [3.63, 3.8) is 0 Å². The minimum absolute atomic E-state index is 0.380. The standard InChI is InChI=1S/C7H10N4/c1-4(8)6-3-10-5(2)11-7(6)9/h3,8H,1-2H3,(H2,9,10,11). The molecule has 1 rings (SSSR count). The number of nitrogen functional groups attached to an aromatic ring is 1. The topological polar surface area (TPSA) is 75.7 Å². The Morgan fingerprint density at radius 3 is 2.73 bits per heavy atom. The van der Waals surface area contributed by atoms with Crippen molar-refractivity contribution in [1.29, 1.82) is 5.41 Å². The Hall–Kier alpha value is -1.45. The van der Waals surface area contributed by atoms with Gasteiger partial charge < -0.3 is 11.1 Å². The summed E-state index contributed by atoms with van der Waals surface area (Å²) in [7, 11) is 0. The minimum atomic E-state index is 0.380. The zero-order valence-electron chi connectivity index (χ0n) is 6.55. The quantitative estimate of drug-likeness (QED) is 0.580. The largest absolute Gasteiger partial charge is 0.383 e. The molecule has 58 valence electrons. The van der Waals surface area contributed by atoms with Gasteiger partial charge in [0.25, 0.3) is 0 Å². The van der Waals surface area contributed by atoms with Gasteiger partial charge in [0.1, 0.15) is 11.6 Å². The number of aryl methyl sites for hydroxylation is 1. The minimum Gasteiger partial charge on any atom is -0.383 e. The van der Waals surface area contributed by atoms with E-state index in [2.05, 4.69) is 9.97 Å². The Balaban J connectivity index is 3.20. The molecule has 3 N–H and O–H groups in total. The van der Waals surface area contributed by atoms with Crippen LogP contribution in [0.4, 0.5) is 5.82 Å². The predicted molar refractivity (Wildman–Crippen MR) is 43.7 cm³/mol. The van der Waals surface area contributed by atoms with Crippen LogP contribution in [0.2, 0.25) is 0 Å². The van der Waals surface area contributed by atoms with Crippen LogP contribution in [-0.2, 0) is 0 Å². The fourth-order valence-corrected chi connectivity index (χ4v) is 0.776. The SMILES string of the molecule is CC(=N)c1cnc(C)nc1N. The molecule has 0 aliphatic heterocycles. The van der Waals surface area contributed by atoms with Crippen molar-refractivity contribution in [3.05, 3.63) is 17.6 Å². The van der Waals surface area contributed by atoms with E-state index in [0.29, 0.717) is 22.9 Å². The molecule has 0 aromatic carbocycles. The van der Waals surface area contributed by atoms with Crippen LogP contribution in [0.3, 0.4) is 0 Å². The molecule has 4 heteroatoms. The summed E-state index contributed by atoms with van der Waals surface area (Å²) in [5.41, 5.74) is 6.53. The zero-order chi connectivity index (χ0) is 8.43. The normalized spacial score (nSPS) is 9.64. The second kappa shape index (κ2) is 2.65. The maximum absolute atomic E-state index is 7.29. The molecular weight excluding hydrogens is 140 g/mol. The zero-order valence-corrected chi connectivity index (χ0v) is 6.55. The molecule has 0 atom stereocenters. The highest BCUT2D eigenvalue weighted by Gasteiger charge is 2.02. The van der Waals surface area contributed by atoms with Gasteiger partial charge in [-0.25, -0.2) is 9.97 Å². The fraction of sp³-hybridized carbons (Fsp3) is 0.286. The molecule has 0 aliphatic rings. The molecule has 1 heterocycles. The first-order valence-corrected chi connectivity index (χ1v) is 3.26. The van der Waals surface area contributed by atoms with Crippen LogP contribution in [0.1, 0.15) is 18.3 Å². The molecule has 0 radical (unpaired) electrons. The van der Waals surface area contributed by atoms with Gasteiger partial charge >= 0.3 is 0 Å². The van der Waals surface area contributed by atoms with Crippen LogP contribution in [0.15, 0.2) is 6.20 Å². The molecule has 0 unspecified atom stereocenters. The summed E-state index contributed by atoms with van der Waals surface area (Å²) < 4.78 is 0. The molecule has 1 aromatic rings. The second-order valence-corrected chi connectivity index (χ2v) is 2.34. The highest BCUT2D eigenvalue weighted by atomic mass is 14.9. The molecule has 0 bridgehead atoms. The van der Waals surface area contributed by atoms with Crippen LogP contribution >= 0.6 is 0 Å². The van der Waals surface area contributed by atoms with Gasteiger partial charge in [-0.2, -0.15) is 0 Å². The molecule has 0 saturated heterocycles. The van der Waals surface area contributed by atoms with Gasteiger partial charge in [-0.15, -0.1) is 0 Å². The molecule has 0 amide bonds. The van der Waals surface area contributed by atoms with Gasteiger partial charge in [-0.3, -0.25) is 0 Å². The highest BCUT2D eigenvalue weighted by Crippen LogP contribution is 2.06. The summed E-state index contributed by atoms with van der Waals surface area (Å²) in [6.45, 7) is 3.42. The van der Waals surface area contributed by atoms with Gasteiger partial charge in [-0.05, 0) is 13.8 Å². The number of anilines is 1. The first kappa shape index (κ1) is 7.65. The van der Waals surface area contributed by atoms with E-state index >= 15 is 0 Å². The Morgan fingerprint density at radius 2 is 2.27 bits per heavy atom. The van der Waals surface area contributed by atoms with Crippen LogP contribution in [0.25, 0.3) is 0 Å². The number of hydrogen-bond donors (Lipinski definition) is 2. The van der Waals surface area contributed by atoms with Crippen molar-refractivity contribution in [2.75, 3.05) is 5.73 Å². The van der Waals surface area contributed by atoms with Crippen LogP contribution in [0, 0.1) is 12.3 Å². The summed E-state index contributed by atoms with van der Waals surface area (Å²) in [4.78, 5) is 7.85. The highest BCUT2D eigenvalue weighted by molar-refractivity contribution is 5.99. The lowest BCUT2D eigenvalue weighted by Gasteiger charge is -2.01. The van der Waals surface area contributed by atoms with Crippen molar-refractivity contribution in [1.82, 2.24) is 9.97 Å². The number of hydrogen-bond acceptors (Lipinski definition) is 4. The second-order valence-electron chi connectivity index (χ2n) is 2.34. The van der Waals surface area contributed by atoms with Gasteiger partial charge in [0.05, 0.1) is 5.56 Å². The van der Waals surface area contributed by atoms with E-state index in [4.69, 9.17) is 11.1 Å². The average Bonchev–Trinajstić information content (AvgIpc) is 1.85. The molecule has 1 aromatic heterocycles. The molecular formula is C7H10N4. The summed E-state index contributed by atoms with van der Waals surface area (Å²) >= 11 is 0. The molecule has 0 spiro atoms. The maximum atomic E-state index is 7.29. The third-order valence-electron chi connectivity index (χ3n) is 1.34. The summed E-state index contributed by atoms with van der Waals surface area (Å²) in [6.07, 6.45) is 1.57. The molecule has 4 nitrogen and oxygen atoms in total. The Labute approximate surface area is 65.0 Å². The first-order valence-electron chi connectivity index (χ1n) is 3.26. The van der Waals surface area contributed by atoms with Gasteiger partial charge in [0, 0.05) is 11.9 Å². The van der Waals surface area contributed by atoms with E-state index in [1.165, 1.54) is 0 Å². The Morgan fingerprint density at radius 1 is 1.64 bits per heavy atom. The monoisotopic (exact) mass is 150 g/mol. The average molecular weight is 150 g/mol. The first-order chi connectivity index (χ1) is 5.11. The number of nitrogens with one attached hydrogen (secondary N) is 1. The Bertz CT molecular complexity index is 292. The lowest BCUT2D eigenvalue weighted by Crippen LogP contribution is -2.04. The van der Waals surface area contributed by atoms with E-state index < -0.39 is 0 Å². The number of rotatable bonds is 1. The van der Waals surface area contributed by atoms with Crippen LogP contribution < -0.4 is 5.73 Å². The third-order valence-corrected chi connectivity index (χ3v) is 1.34. The summed E-state index contributed by atoms with van der Waals surface area (Å²) in [6, 6.07) is 0. The fourth-order valence-electron chi connectivity index (χ4n) is 0.776. The van der Waals surface area contributed by atoms with Crippen LogP contribution in [-0.4, -0.2) is 15.7 Å². The number of aromatic nitrogens is 2. The maximum Gasteiger partial charge on any atom is 0.136 e. The van der Waals surface area contributed by atoms with Crippen molar-refractivity contribution in [2.24, 2.45) is 0 Å². The van der Waals surface area contributed by atoms with Gasteiger partial charge in [-0.1, -0.05) is 0 Å². The summed E-state index contributed by atoms with van der Waals surface area (Å²) in [5.74, 6) is 1.01. The van der Waals surface area contributed by atoms with E-state index in [0.717, 1.165) is 0 Å². The van der Waals surface area contributed by atoms with Crippen molar-refractivity contribution < 1.29 is 0 Å². The smallest absolute Gasteiger partial charge is 0.136 e. The lowest BCUT2D eigenvalue weighted by atomic mass is 10.2. The lowest BCUT2D eigenvalue weighted by molar-refractivity contribution is 1.05. The number of nitrogens with two attached hydrogens (primary N) is 1. The van der Waals surface area contributed by atoms with Gasteiger partial charge in [0.2, 0.25) is 0 Å². The molecule has 0 saturated carbocycles. The molecule has 11 heavy (non-hydrogen) atoms. The van der Waals surface area contributed by atoms with E-state index in [1.807, 2.05) is 0 Å². The van der Waals surface area contributed by atoms with E-state index in [1.54, 1.807) is 20.0 Å². The van der Waals surface area contributed by atoms with Crippen molar-refractivity contribution in [2.45, 2.75) is 13.8 Å². The number of nitrogens with zero attached hydrogens (tertiary/aromatic N) is 2. The Kier molecular flexibility index (Phi) is 1.85. The van der Waals surface area contributed by atoms with Crippen molar-refractivity contribution in [3.8, 4) is 0 Å². The predicted octanol–water partition coefficient (Wildman–Crippen LogP) is 0.755. The third kappa shape index (κ3) is 1.52. The van der Waals surface area contributed by atoms with Crippen LogP contribution in [0.5, 0.6) is 0 Å². The van der Waals surface area contributed by atoms with Gasteiger partial charge in [0.15, 0.2) is 0 Å². The van der Waals surface area contributed by atoms with E-state index in [-0.39, 0.29) is 0 Å². The molecule has 0 fully saturated rings.